The van der Waals surface area contributed by atoms with Crippen LogP contribution in [-0.4, -0.2) is 4.98 Å². The molecule has 1 nitrogen and oxygen atoms in total. The second kappa shape index (κ2) is 4.83. The molecular weight excluding hydrogens is 332 g/mol. The second-order valence-corrected chi connectivity index (χ2v) is 5.28. The number of fused-ring (bicyclic) bond motifs is 6. The maximum atomic E-state index is 13.6. The van der Waals surface area contributed by atoms with Gasteiger partial charge < -0.3 is 0 Å². The summed E-state index contributed by atoms with van der Waals surface area (Å²) in [5.74, 6) is -7.59. The van der Waals surface area contributed by atoms with Crippen molar-refractivity contribution in [1.29, 1.82) is 0 Å². The van der Waals surface area contributed by atoms with Crippen LogP contribution in [0.1, 0.15) is 0 Å². The van der Waals surface area contributed by atoms with Gasteiger partial charge in [-0.15, -0.1) is 0 Å². The smallest absolute Gasteiger partial charge is 0.216 e. The Morgan fingerprint density at radius 3 is 1.25 bits per heavy atom. The van der Waals surface area contributed by atoms with Crippen molar-refractivity contribution in [2.24, 2.45) is 0 Å². The summed E-state index contributed by atoms with van der Waals surface area (Å²) in [4.78, 5) is 3.43. The van der Waals surface area contributed by atoms with Crippen LogP contribution in [-0.2, 0) is 0 Å². The van der Waals surface area contributed by atoms with Crippen molar-refractivity contribution in [1.82, 2.24) is 4.98 Å². The number of aromatic nitrogens is 1. The molecule has 0 aliphatic heterocycles. The highest BCUT2D eigenvalue weighted by Crippen LogP contribution is 2.36. The van der Waals surface area contributed by atoms with E-state index in [1.807, 2.05) is 0 Å². The summed E-state index contributed by atoms with van der Waals surface area (Å²) in [6, 6.07) is 3.89. The molecule has 0 aliphatic rings. The van der Waals surface area contributed by atoms with Crippen molar-refractivity contribution in [3.8, 4) is 0 Å². The van der Waals surface area contributed by atoms with Crippen LogP contribution in [0.15, 0.2) is 30.3 Å². The first-order valence-corrected chi connectivity index (χ1v) is 6.72. The highest BCUT2D eigenvalue weighted by molar-refractivity contribution is 6.24. The van der Waals surface area contributed by atoms with E-state index >= 15 is 0 Å². The van der Waals surface area contributed by atoms with Gasteiger partial charge in [-0.1, -0.05) is 0 Å². The van der Waals surface area contributed by atoms with Gasteiger partial charge in [0.2, 0.25) is 5.95 Å². The first-order chi connectivity index (χ1) is 11.4. The third-order valence-corrected chi connectivity index (χ3v) is 3.89. The molecule has 0 spiro atoms. The summed E-state index contributed by atoms with van der Waals surface area (Å²) in [6.07, 6.45) is 0. The minimum Gasteiger partial charge on any atom is -0.216 e. The zero-order chi connectivity index (χ0) is 17.2. The van der Waals surface area contributed by atoms with Gasteiger partial charge in [0, 0.05) is 10.8 Å². The first kappa shape index (κ1) is 14.7. The van der Waals surface area contributed by atoms with Crippen LogP contribution in [0.4, 0.5) is 26.3 Å². The highest BCUT2D eigenvalue weighted by Gasteiger charge is 2.18. The van der Waals surface area contributed by atoms with E-state index in [0.717, 1.165) is 30.3 Å². The summed E-state index contributed by atoms with van der Waals surface area (Å²) in [5, 5.41) is -0.0339. The van der Waals surface area contributed by atoms with Crippen molar-refractivity contribution in [3.63, 3.8) is 0 Å². The van der Waals surface area contributed by atoms with Gasteiger partial charge in [0.25, 0.3) is 0 Å². The van der Waals surface area contributed by atoms with Crippen molar-refractivity contribution < 1.29 is 26.3 Å². The Kier molecular flexibility index (Phi) is 2.97. The molecule has 0 amide bonds. The van der Waals surface area contributed by atoms with E-state index < -0.39 is 35.0 Å². The van der Waals surface area contributed by atoms with Crippen LogP contribution in [0.2, 0.25) is 0 Å². The van der Waals surface area contributed by atoms with Crippen molar-refractivity contribution in [2.75, 3.05) is 0 Å². The SMILES string of the molecule is Fc1cc2c3cc(F)c(F)cc3c3nc(F)c(F)cc3c2cc1F. The summed E-state index contributed by atoms with van der Waals surface area (Å²) in [5.41, 5.74) is -0.179. The number of halogens is 6. The molecule has 4 rings (SSSR count). The molecule has 0 atom stereocenters. The number of nitrogens with zero attached hydrogens (tertiary/aromatic N) is 1. The molecule has 4 aromatic rings. The number of benzene rings is 3. The molecule has 0 saturated carbocycles. The van der Waals surface area contributed by atoms with Gasteiger partial charge >= 0.3 is 0 Å². The largest absolute Gasteiger partial charge is 0.249 e. The van der Waals surface area contributed by atoms with Crippen LogP contribution >= 0.6 is 0 Å². The maximum absolute atomic E-state index is 13.6. The van der Waals surface area contributed by atoms with Crippen molar-refractivity contribution in [2.45, 2.75) is 0 Å². The number of hydrogen-bond acceptors (Lipinski definition) is 1. The normalized spacial score (nSPS) is 11.8. The second-order valence-electron chi connectivity index (χ2n) is 5.28. The fourth-order valence-corrected chi connectivity index (χ4v) is 2.84. The van der Waals surface area contributed by atoms with Crippen LogP contribution in [0.3, 0.4) is 0 Å². The lowest BCUT2D eigenvalue weighted by molar-refractivity contribution is 0.484. The topological polar surface area (TPSA) is 12.9 Å². The molecule has 0 unspecified atom stereocenters. The lowest BCUT2D eigenvalue weighted by atomic mass is 9.96. The average molecular weight is 337 g/mol. The highest BCUT2D eigenvalue weighted by atomic mass is 19.2. The number of rotatable bonds is 0. The summed E-state index contributed by atoms with van der Waals surface area (Å²) in [6.45, 7) is 0. The Hall–Kier alpha value is -2.83. The van der Waals surface area contributed by atoms with Gasteiger partial charge in [0.05, 0.1) is 5.52 Å². The average Bonchev–Trinajstić information content (AvgIpc) is 2.53. The molecule has 1 aromatic heterocycles. The van der Waals surface area contributed by atoms with Gasteiger partial charge in [0.1, 0.15) is 0 Å². The zero-order valence-corrected chi connectivity index (χ0v) is 11.6. The van der Waals surface area contributed by atoms with E-state index in [1.54, 1.807) is 0 Å². The fourth-order valence-electron chi connectivity index (χ4n) is 2.84. The zero-order valence-electron chi connectivity index (χ0n) is 11.6. The summed E-state index contributed by atoms with van der Waals surface area (Å²) < 4.78 is 81.5. The Labute approximate surface area is 130 Å². The van der Waals surface area contributed by atoms with Gasteiger partial charge in [0.15, 0.2) is 29.1 Å². The van der Waals surface area contributed by atoms with Gasteiger partial charge in [-0.05, 0) is 46.5 Å². The van der Waals surface area contributed by atoms with E-state index in [-0.39, 0.29) is 32.4 Å². The molecule has 0 fully saturated rings. The van der Waals surface area contributed by atoms with E-state index in [2.05, 4.69) is 4.98 Å². The van der Waals surface area contributed by atoms with E-state index in [9.17, 15) is 26.3 Å². The monoisotopic (exact) mass is 337 g/mol. The van der Waals surface area contributed by atoms with Gasteiger partial charge in [-0.3, -0.25) is 0 Å². The molecule has 0 radical (unpaired) electrons. The summed E-state index contributed by atoms with van der Waals surface area (Å²) >= 11 is 0. The molecule has 3 aromatic carbocycles. The molecule has 24 heavy (non-hydrogen) atoms. The van der Waals surface area contributed by atoms with Crippen molar-refractivity contribution in [3.05, 3.63) is 65.4 Å². The molecule has 0 saturated heterocycles. The molecule has 7 heteroatoms. The lowest BCUT2D eigenvalue weighted by Crippen LogP contribution is -1.96. The molecule has 1 heterocycles. The molecule has 120 valence electrons. The molecule has 0 N–H and O–H groups in total. The van der Waals surface area contributed by atoms with Gasteiger partial charge in [-0.2, -0.15) is 4.39 Å². The summed E-state index contributed by atoms with van der Waals surface area (Å²) in [7, 11) is 0. The molecular formula is C17H5F6N. The Balaban J connectivity index is 2.40. The maximum Gasteiger partial charge on any atom is 0.249 e. The lowest BCUT2D eigenvalue weighted by Gasteiger charge is -2.11. The van der Waals surface area contributed by atoms with Crippen LogP contribution in [0, 0.1) is 35.0 Å². The van der Waals surface area contributed by atoms with E-state index in [1.165, 1.54) is 0 Å². The molecule has 0 bridgehead atoms. The minimum atomic E-state index is -1.43. The predicted molar refractivity (Wildman–Crippen MR) is 76.5 cm³/mol. The third kappa shape index (κ3) is 1.94. The van der Waals surface area contributed by atoms with Crippen LogP contribution in [0.25, 0.3) is 32.4 Å². The Morgan fingerprint density at radius 2 is 0.792 bits per heavy atom. The Morgan fingerprint density at radius 1 is 0.458 bits per heavy atom. The predicted octanol–water partition coefficient (Wildman–Crippen LogP) is 5.38. The fraction of sp³-hybridized carbons (Fsp3) is 0. The Bertz CT molecular complexity index is 902. The number of hydrogen-bond donors (Lipinski definition) is 0. The third-order valence-electron chi connectivity index (χ3n) is 3.89. The van der Waals surface area contributed by atoms with E-state index in [4.69, 9.17) is 0 Å². The van der Waals surface area contributed by atoms with Crippen LogP contribution < -0.4 is 0 Å². The number of pyridine rings is 1. The minimum absolute atomic E-state index is 0.00816. The first-order valence-electron chi connectivity index (χ1n) is 6.72. The molecule has 0 aliphatic carbocycles. The van der Waals surface area contributed by atoms with E-state index in [0.29, 0.717) is 0 Å². The standard InChI is InChI=1S/C17H5F6N/c18-11-1-6-7-2-13(20)14(21)4-9(7)16-10(8(6)3-12(11)19)5-15(22)17(23)24-16/h1-5H. The van der Waals surface area contributed by atoms with Gasteiger partial charge in [-0.25, -0.2) is 26.9 Å². The quantitative estimate of drug-likeness (QED) is 0.239. The van der Waals surface area contributed by atoms with Crippen molar-refractivity contribution >= 4 is 32.4 Å². The van der Waals surface area contributed by atoms with Crippen LogP contribution in [0.5, 0.6) is 0 Å².